The lowest BCUT2D eigenvalue weighted by atomic mass is 10.2. The Bertz CT molecular complexity index is 540. The Labute approximate surface area is 117 Å². The molecule has 2 rings (SSSR count). The molecular weight excluding hydrogens is 256 g/mol. The second-order valence-electron chi connectivity index (χ2n) is 4.19. The van der Waals surface area contributed by atoms with Gasteiger partial charge in [-0.2, -0.15) is 5.10 Å². The Morgan fingerprint density at radius 1 is 1.35 bits per heavy atom. The normalized spacial score (nSPS) is 10.4. The molecule has 6 heteroatoms. The zero-order chi connectivity index (χ0) is 14.2. The number of rotatable bonds is 7. The zero-order valence-electron chi connectivity index (χ0n) is 11.4. The van der Waals surface area contributed by atoms with Gasteiger partial charge in [0.15, 0.2) is 0 Å². The van der Waals surface area contributed by atoms with E-state index in [0.29, 0.717) is 13.2 Å². The Kier molecular flexibility index (Phi) is 5.28. The molecule has 0 radical (unpaired) electrons. The number of amides is 1. The Hall–Kier alpha value is -2.18. The minimum Gasteiger partial charge on any atom is -0.383 e. The molecule has 0 spiro atoms. The van der Waals surface area contributed by atoms with Crippen molar-refractivity contribution in [2.45, 2.75) is 0 Å². The second kappa shape index (κ2) is 7.42. The smallest absolute Gasteiger partial charge is 0.238 e. The van der Waals surface area contributed by atoms with Crippen molar-refractivity contribution in [2.75, 3.05) is 32.1 Å². The topological polar surface area (TPSA) is 68.2 Å². The van der Waals surface area contributed by atoms with Gasteiger partial charge in [-0.1, -0.05) is 12.1 Å². The van der Waals surface area contributed by atoms with E-state index in [1.807, 2.05) is 36.5 Å². The van der Waals surface area contributed by atoms with Crippen molar-refractivity contribution in [1.82, 2.24) is 15.1 Å². The quantitative estimate of drug-likeness (QED) is 0.740. The lowest BCUT2D eigenvalue weighted by Crippen LogP contribution is -2.30. The highest BCUT2D eigenvalue weighted by atomic mass is 16.5. The highest BCUT2D eigenvalue weighted by molar-refractivity contribution is 5.94. The van der Waals surface area contributed by atoms with E-state index in [2.05, 4.69) is 15.7 Å². The van der Waals surface area contributed by atoms with E-state index in [0.717, 1.165) is 11.4 Å². The molecular formula is C14H18N4O2. The van der Waals surface area contributed by atoms with Gasteiger partial charge in [0, 0.05) is 26.0 Å². The van der Waals surface area contributed by atoms with Gasteiger partial charge in [-0.25, -0.2) is 4.68 Å². The minimum absolute atomic E-state index is 0.0966. The summed E-state index contributed by atoms with van der Waals surface area (Å²) in [5.41, 5.74) is 1.57. The molecule has 0 bridgehead atoms. The van der Waals surface area contributed by atoms with Crippen LogP contribution < -0.4 is 10.6 Å². The highest BCUT2D eigenvalue weighted by Gasteiger charge is 2.07. The van der Waals surface area contributed by atoms with Gasteiger partial charge in [0.25, 0.3) is 0 Å². The molecule has 2 N–H and O–H groups in total. The molecule has 0 aliphatic heterocycles. The van der Waals surface area contributed by atoms with E-state index >= 15 is 0 Å². The van der Waals surface area contributed by atoms with E-state index in [1.54, 1.807) is 18.0 Å². The van der Waals surface area contributed by atoms with E-state index in [9.17, 15) is 4.79 Å². The van der Waals surface area contributed by atoms with Gasteiger partial charge in [-0.15, -0.1) is 0 Å². The van der Waals surface area contributed by atoms with Crippen LogP contribution in [0.2, 0.25) is 0 Å². The number of hydrogen-bond donors (Lipinski definition) is 2. The van der Waals surface area contributed by atoms with Crippen LogP contribution in [0.3, 0.4) is 0 Å². The summed E-state index contributed by atoms with van der Waals surface area (Å²) in [4.78, 5) is 11.9. The van der Waals surface area contributed by atoms with Crippen LogP contribution in [0.4, 0.5) is 5.69 Å². The molecule has 0 unspecified atom stereocenters. The maximum absolute atomic E-state index is 11.9. The fraction of sp³-hybridized carbons (Fsp3) is 0.286. The summed E-state index contributed by atoms with van der Waals surface area (Å²) in [5.74, 6) is -0.0966. The maximum Gasteiger partial charge on any atom is 0.238 e. The van der Waals surface area contributed by atoms with Gasteiger partial charge < -0.3 is 15.4 Å². The summed E-state index contributed by atoms with van der Waals surface area (Å²) in [5, 5.41) is 10.0. The lowest BCUT2D eigenvalue weighted by Gasteiger charge is -2.11. The highest BCUT2D eigenvalue weighted by Crippen LogP contribution is 2.18. The number of nitrogens with one attached hydrogen (secondary N) is 2. The number of ether oxygens (including phenoxy) is 1. The molecule has 1 aromatic carbocycles. The number of anilines is 1. The third kappa shape index (κ3) is 3.91. The van der Waals surface area contributed by atoms with Crippen LogP contribution >= 0.6 is 0 Å². The number of nitrogens with zero attached hydrogens (tertiary/aromatic N) is 2. The van der Waals surface area contributed by atoms with Crippen molar-refractivity contribution in [3.63, 3.8) is 0 Å². The second-order valence-corrected chi connectivity index (χ2v) is 4.19. The largest absolute Gasteiger partial charge is 0.383 e. The maximum atomic E-state index is 11.9. The Morgan fingerprint density at radius 2 is 2.20 bits per heavy atom. The third-order valence-corrected chi connectivity index (χ3v) is 2.70. The minimum atomic E-state index is -0.0966. The fourth-order valence-corrected chi connectivity index (χ4v) is 1.76. The van der Waals surface area contributed by atoms with Crippen molar-refractivity contribution in [2.24, 2.45) is 0 Å². The summed E-state index contributed by atoms with van der Waals surface area (Å²) >= 11 is 0. The van der Waals surface area contributed by atoms with Crippen LogP contribution in [-0.2, 0) is 9.53 Å². The Balaban J connectivity index is 1.97. The zero-order valence-corrected chi connectivity index (χ0v) is 11.4. The number of aromatic nitrogens is 2. The van der Waals surface area contributed by atoms with Crippen LogP contribution in [-0.4, -0.2) is 42.5 Å². The van der Waals surface area contributed by atoms with E-state index < -0.39 is 0 Å². The molecule has 6 nitrogen and oxygen atoms in total. The van der Waals surface area contributed by atoms with Crippen LogP contribution in [0.15, 0.2) is 42.7 Å². The molecule has 1 aromatic heterocycles. The van der Waals surface area contributed by atoms with Gasteiger partial charge in [0.1, 0.15) is 0 Å². The molecule has 20 heavy (non-hydrogen) atoms. The summed E-state index contributed by atoms with van der Waals surface area (Å²) in [6.45, 7) is 1.47. The number of hydrogen-bond acceptors (Lipinski definition) is 4. The van der Waals surface area contributed by atoms with Gasteiger partial charge in [0.2, 0.25) is 5.91 Å². The van der Waals surface area contributed by atoms with Crippen molar-refractivity contribution >= 4 is 11.6 Å². The van der Waals surface area contributed by atoms with Crippen LogP contribution in [0.25, 0.3) is 5.69 Å². The predicted molar refractivity (Wildman–Crippen MR) is 76.9 cm³/mol. The van der Waals surface area contributed by atoms with Gasteiger partial charge in [0.05, 0.1) is 24.5 Å². The van der Waals surface area contributed by atoms with Crippen LogP contribution in [0.5, 0.6) is 0 Å². The van der Waals surface area contributed by atoms with Gasteiger partial charge >= 0.3 is 0 Å². The number of benzene rings is 1. The first kappa shape index (κ1) is 14.2. The SMILES string of the molecule is COCCNCC(=O)Nc1ccccc1-n1cccn1. The van der Waals surface area contributed by atoms with Crippen molar-refractivity contribution in [3.8, 4) is 5.69 Å². The molecule has 1 heterocycles. The van der Waals surface area contributed by atoms with Gasteiger partial charge in [-0.3, -0.25) is 4.79 Å². The number of carbonyl (C=O) groups excluding carboxylic acids is 1. The first-order chi connectivity index (χ1) is 9.81. The standard InChI is InChI=1S/C14H18N4O2/c1-20-10-8-15-11-14(19)17-12-5-2-3-6-13(12)18-9-4-7-16-18/h2-7,9,15H,8,10-11H2,1H3,(H,17,19). The van der Waals surface area contributed by atoms with E-state index in [1.165, 1.54) is 0 Å². The average molecular weight is 274 g/mol. The molecule has 0 saturated carbocycles. The molecule has 0 saturated heterocycles. The summed E-state index contributed by atoms with van der Waals surface area (Å²) < 4.78 is 6.62. The summed E-state index contributed by atoms with van der Waals surface area (Å²) in [7, 11) is 1.63. The summed E-state index contributed by atoms with van der Waals surface area (Å²) in [6.07, 6.45) is 3.53. The fourth-order valence-electron chi connectivity index (χ4n) is 1.76. The lowest BCUT2D eigenvalue weighted by molar-refractivity contribution is -0.115. The van der Waals surface area contributed by atoms with Crippen molar-refractivity contribution in [1.29, 1.82) is 0 Å². The summed E-state index contributed by atoms with van der Waals surface area (Å²) in [6, 6.07) is 9.38. The molecule has 0 fully saturated rings. The third-order valence-electron chi connectivity index (χ3n) is 2.70. The predicted octanol–water partition coefficient (Wildman–Crippen LogP) is 1.05. The van der Waals surface area contributed by atoms with Crippen LogP contribution in [0.1, 0.15) is 0 Å². The van der Waals surface area contributed by atoms with E-state index in [4.69, 9.17) is 4.74 Å². The van der Waals surface area contributed by atoms with Gasteiger partial charge in [-0.05, 0) is 18.2 Å². The Morgan fingerprint density at radius 3 is 2.95 bits per heavy atom. The number of carbonyl (C=O) groups is 1. The molecule has 0 atom stereocenters. The van der Waals surface area contributed by atoms with Crippen LogP contribution in [0, 0.1) is 0 Å². The molecule has 106 valence electrons. The first-order valence-corrected chi connectivity index (χ1v) is 6.40. The number of methoxy groups -OCH3 is 1. The molecule has 2 aromatic rings. The first-order valence-electron chi connectivity index (χ1n) is 6.40. The molecule has 0 aliphatic carbocycles. The van der Waals surface area contributed by atoms with E-state index in [-0.39, 0.29) is 12.5 Å². The molecule has 1 amide bonds. The average Bonchev–Trinajstić information content (AvgIpc) is 2.98. The van der Waals surface area contributed by atoms with Crippen molar-refractivity contribution < 1.29 is 9.53 Å². The molecule has 0 aliphatic rings. The monoisotopic (exact) mass is 274 g/mol. The number of para-hydroxylation sites is 2. The van der Waals surface area contributed by atoms with Crippen molar-refractivity contribution in [3.05, 3.63) is 42.7 Å².